The first-order valence-electron chi connectivity index (χ1n) is 17.7. The molecule has 11 rings (SSSR count). The van der Waals surface area contributed by atoms with Crippen LogP contribution in [0.5, 0.6) is 0 Å². The molecule has 0 fully saturated rings. The number of furan rings is 2. The molecule has 0 saturated carbocycles. The summed E-state index contributed by atoms with van der Waals surface area (Å²) in [6.07, 6.45) is 1.72. The Morgan fingerprint density at radius 3 is 2.15 bits per heavy atom. The molecule has 52 heavy (non-hydrogen) atoms. The van der Waals surface area contributed by atoms with Gasteiger partial charge < -0.3 is 19.5 Å². The van der Waals surface area contributed by atoms with Gasteiger partial charge in [-0.25, -0.2) is 4.99 Å². The Balaban J connectivity index is 1.09. The number of fused-ring (bicyclic) bond motifs is 8. The van der Waals surface area contributed by atoms with E-state index in [0.29, 0.717) is 6.54 Å². The average molecular weight is 673 g/mol. The first kappa shape index (κ1) is 29.1. The van der Waals surface area contributed by atoms with Crippen molar-refractivity contribution in [3.05, 3.63) is 179 Å². The molecule has 4 heterocycles. The summed E-state index contributed by atoms with van der Waals surface area (Å²) in [6, 6.07) is 51.1. The zero-order chi connectivity index (χ0) is 34.2. The maximum Gasteiger partial charge on any atom is 0.202 e. The van der Waals surface area contributed by atoms with Gasteiger partial charge in [0, 0.05) is 33.8 Å². The van der Waals surface area contributed by atoms with Crippen LogP contribution in [0.2, 0.25) is 0 Å². The molecule has 2 unspecified atom stereocenters. The summed E-state index contributed by atoms with van der Waals surface area (Å²) in [7, 11) is 0. The van der Waals surface area contributed by atoms with Crippen LogP contribution in [0.15, 0.2) is 165 Å². The van der Waals surface area contributed by atoms with Crippen molar-refractivity contribution in [2.75, 3.05) is 11.9 Å². The molecule has 6 heteroatoms. The number of amidine groups is 1. The Labute approximate surface area is 299 Å². The van der Waals surface area contributed by atoms with Crippen molar-refractivity contribution in [2.45, 2.75) is 12.3 Å². The van der Waals surface area contributed by atoms with E-state index in [2.05, 4.69) is 137 Å². The molecular formula is C46H32N4O2. The number of anilines is 1. The summed E-state index contributed by atoms with van der Waals surface area (Å²) in [6.45, 7) is 0.696. The van der Waals surface area contributed by atoms with Gasteiger partial charge in [-0.1, -0.05) is 127 Å². The molecule has 2 atom stereocenters. The fraction of sp³-hybridized carbons (Fsp3) is 0.0652. The van der Waals surface area contributed by atoms with E-state index in [1.54, 1.807) is 0 Å². The summed E-state index contributed by atoms with van der Waals surface area (Å²) in [5.41, 5.74) is 9.32. The number of aliphatic imine (C=N–C) groups is 1. The van der Waals surface area contributed by atoms with Gasteiger partial charge in [0.15, 0.2) is 0 Å². The van der Waals surface area contributed by atoms with E-state index in [4.69, 9.17) is 13.8 Å². The van der Waals surface area contributed by atoms with Gasteiger partial charge in [-0.2, -0.15) is 0 Å². The molecular weight excluding hydrogens is 641 g/mol. The van der Waals surface area contributed by atoms with Gasteiger partial charge in [0.05, 0.1) is 5.56 Å². The minimum Gasteiger partial charge on any atom is -0.456 e. The summed E-state index contributed by atoms with van der Waals surface area (Å²) >= 11 is 0. The number of para-hydroxylation sites is 2. The van der Waals surface area contributed by atoms with E-state index in [-0.39, 0.29) is 12.3 Å². The highest BCUT2D eigenvalue weighted by Gasteiger charge is 2.29. The van der Waals surface area contributed by atoms with Gasteiger partial charge in [-0.05, 0) is 62.5 Å². The lowest BCUT2D eigenvalue weighted by molar-refractivity contribution is 0.411. The normalized spacial score (nSPS) is 17.2. The van der Waals surface area contributed by atoms with Gasteiger partial charge in [0.25, 0.3) is 0 Å². The minimum atomic E-state index is -0.345. The third-order valence-electron chi connectivity index (χ3n) is 10.6. The van der Waals surface area contributed by atoms with Crippen LogP contribution in [0.3, 0.4) is 0 Å². The Hall–Kier alpha value is -6.63. The molecule has 248 valence electrons. The van der Waals surface area contributed by atoms with E-state index in [0.717, 1.165) is 77.7 Å². The van der Waals surface area contributed by atoms with Crippen molar-refractivity contribution in [1.82, 2.24) is 10.6 Å². The van der Waals surface area contributed by atoms with E-state index in [9.17, 15) is 0 Å². The number of hydrogen-bond donors (Lipinski definition) is 3. The lowest BCUT2D eigenvalue weighted by Crippen LogP contribution is -2.45. The predicted octanol–water partition coefficient (Wildman–Crippen LogP) is 10.8. The summed E-state index contributed by atoms with van der Waals surface area (Å²) in [5.74, 6) is 1.65. The topological polar surface area (TPSA) is 74.7 Å². The molecule has 7 aromatic carbocycles. The van der Waals surface area contributed by atoms with Crippen LogP contribution < -0.4 is 16.0 Å². The van der Waals surface area contributed by atoms with E-state index >= 15 is 0 Å². The van der Waals surface area contributed by atoms with Crippen molar-refractivity contribution >= 4 is 71.7 Å². The second-order valence-corrected chi connectivity index (χ2v) is 13.6. The van der Waals surface area contributed by atoms with Crippen molar-refractivity contribution in [3.8, 4) is 0 Å². The van der Waals surface area contributed by atoms with Crippen LogP contribution in [-0.4, -0.2) is 12.4 Å². The number of nitrogens with one attached hydrogen (secondary N) is 3. The van der Waals surface area contributed by atoms with Crippen molar-refractivity contribution < 1.29 is 8.83 Å². The van der Waals surface area contributed by atoms with Gasteiger partial charge in [0.1, 0.15) is 34.9 Å². The van der Waals surface area contributed by atoms with Crippen molar-refractivity contribution in [2.24, 2.45) is 4.99 Å². The third kappa shape index (κ3) is 4.51. The largest absolute Gasteiger partial charge is 0.456 e. The third-order valence-corrected chi connectivity index (χ3v) is 10.6. The number of rotatable bonds is 4. The molecule has 9 aromatic rings. The number of hydrogen-bond acceptors (Lipinski definition) is 6. The highest BCUT2D eigenvalue weighted by molar-refractivity contribution is 6.14. The van der Waals surface area contributed by atoms with Gasteiger partial charge in [-0.3, -0.25) is 5.32 Å². The molecule has 6 nitrogen and oxygen atoms in total. The maximum absolute atomic E-state index is 6.32. The molecule has 2 aliphatic heterocycles. The molecule has 0 aliphatic carbocycles. The maximum atomic E-state index is 6.32. The zero-order valence-corrected chi connectivity index (χ0v) is 28.1. The van der Waals surface area contributed by atoms with E-state index in [1.807, 2.05) is 30.3 Å². The van der Waals surface area contributed by atoms with Crippen LogP contribution in [0.25, 0.3) is 60.0 Å². The first-order valence-corrected chi connectivity index (χ1v) is 17.7. The Morgan fingerprint density at radius 2 is 1.27 bits per heavy atom. The van der Waals surface area contributed by atoms with E-state index in [1.165, 1.54) is 21.9 Å². The average Bonchev–Trinajstić information content (AvgIpc) is 3.79. The van der Waals surface area contributed by atoms with Crippen LogP contribution in [0.1, 0.15) is 40.1 Å². The second-order valence-electron chi connectivity index (χ2n) is 13.6. The Morgan fingerprint density at radius 1 is 0.577 bits per heavy atom. The standard InChI is InChI=1S/C46H32N4O2/c1-2-11-28-26-29(23-22-27(28)10-1)43-48-44(50-45(49-43)37-18-9-21-40-41(37)35-12-3-5-19-38(35)51-40)34-17-8-14-30-31(15-7-16-32(30)34)33-24-25-47-46-42(33)36-13-4-6-20-39(36)52-46/h1-24,26,43,45,47,49H,25H2,(H,48,50). The number of nitrogens with zero attached hydrogens (tertiary/aromatic N) is 1. The fourth-order valence-electron chi connectivity index (χ4n) is 8.22. The van der Waals surface area contributed by atoms with E-state index < -0.39 is 0 Å². The molecule has 0 radical (unpaired) electrons. The molecule has 0 amide bonds. The summed E-state index contributed by atoms with van der Waals surface area (Å²) < 4.78 is 12.6. The first-order chi connectivity index (χ1) is 25.8. The summed E-state index contributed by atoms with van der Waals surface area (Å²) in [4.78, 5) is 5.47. The molecule has 2 aliphatic rings. The minimum absolute atomic E-state index is 0.207. The van der Waals surface area contributed by atoms with Crippen LogP contribution in [0, 0.1) is 0 Å². The lowest BCUT2D eigenvalue weighted by atomic mass is 9.89. The molecule has 0 spiro atoms. The van der Waals surface area contributed by atoms with Crippen molar-refractivity contribution in [3.63, 3.8) is 0 Å². The predicted molar refractivity (Wildman–Crippen MR) is 212 cm³/mol. The SMILES string of the molecule is C1=C(c2cccc3c(C4=NC(c5cccc6oc7ccccc7c56)NC(c5ccc6ccccc6c5)N4)cccc23)c2c(oc3ccccc23)NC1. The second kappa shape index (κ2) is 11.5. The molecule has 0 saturated heterocycles. The molecule has 0 bridgehead atoms. The molecule has 3 N–H and O–H groups in total. The molecule has 2 aromatic heterocycles. The monoisotopic (exact) mass is 672 g/mol. The zero-order valence-electron chi connectivity index (χ0n) is 28.1. The fourth-order valence-corrected chi connectivity index (χ4v) is 8.22. The van der Waals surface area contributed by atoms with Gasteiger partial charge in [0.2, 0.25) is 5.88 Å². The highest BCUT2D eigenvalue weighted by atomic mass is 16.4. The quantitative estimate of drug-likeness (QED) is 0.174. The highest BCUT2D eigenvalue weighted by Crippen LogP contribution is 2.43. The van der Waals surface area contributed by atoms with Crippen LogP contribution >= 0.6 is 0 Å². The summed E-state index contributed by atoms with van der Waals surface area (Å²) in [5, 5.41) is 19.1. The lowest BCUT2D eigenvalue weighted by Gasteiger charge is -2.33. The van der Waals surface area contributed by atoms with Crippen LogP contribution in [0.4, 0.5) is 5.88 Å². The smallest absolute Gasteiger partial charge is 0.202 e. The van der Waals surface area contributed by atoms with Crippen molar-refractivity contribution in [1.29, 1.82) is 0 Å². The van der Waals surface area contributed by atoms with Gasteiger partial charge >= 0.3 is 0 Å². The van der Waals surface area contributed by atoms with Gasteiger partial charge in [-0.15, -0.1) is 0 Å². The Kier molecular flexibility index (Phi) is 6.42. The Bertz CT molecular complexity index is 2950. The number of benzene rings is 7. The van der Waals surface area contributed by atoms with Crippen LogP contribution in [-0.2, 0) is 0 Å².